The smallest absolute Gasteiger partial charge is 0.357 e. The Hall–Kier alpha value is -3.52. The topological polar surface area (TPSA) is 99.0 Å². The van der Waals surface area contributed by atoms with E-state index in [1.54, 1.807) is 38.1 Å². The van der Waals surface area contributed by atoms with Crippen molar-refractivity contribution in [2.24, 2.45) is 0 Å². The van der Waals surface area contributed by atoms with Crippen LogP contribution in [0, 0.1) is 13.8 Å². The number of hydrogen-bond acceptors (Lipinski definition) is 6. The predicted molar refractivity (Wildman–Crippen MR) is 109 cm³/mol. The molecule has 0 spiro atoms. The first-order chi connectivity index (χ1) is 14.0. The molecule has 0 bridgehead atoms. The molecule has 1 amide bonds. The maximum atomic E-state index is 12.7. The van der Waals surface area contributed by atoms with Gasteiger partial charge in [0.05, 0.1) is 0 Å². The Balaban J connectivity index is 1.74. The van der Waals surface area contributed by atoms with E-state index in [0.717, 1.165) is 11.1 Å². The van der Waals surface area contributed by atoms with Gasteiger partial charge in [0, 0.05) is 10.7 Å². The van der Waals surface area contributed by atoms with E-state index in [1.807, 2.05) is 30.3 Å². The number of esters is 1. The van der Waals surface area contributed by atoms with E-state index in [2.05, 4.69) is 20.8 Å². The number of benzene rings is 2. The number of aryl methyl sites for hydroxylation is 1. The third kappa shape index (κ3) is 5.05. The van der Waals surface area contributed by atoms with Crippen LogP contribution in [0.1, 0.15) is 17.0 Å². The third-order valence-corrected chi connectivity index (χ3v) is 4.45. The number of carbonyl (C=O) groups excluding carboxylic acids is 2. The van der Waals surface area contributed by atoms with Crippen LogP contribution in [0.2, 0.25) is 5.02 Å². The standard InChI is InChI=1S/C20H18ClN5O3/c1-13-16(21)9-6-10-17(13)22-19(27)12-29-20(28)18(26-14(2)23-24-25-26)11-15-7-4-3-5-8-15/h3-11H,12H2,1-2H3,(H,22,27)/b18-11-. The number of nitrogens with zero attached hydrogens (tertiary/aromatic N) is 4. The second-order valence-electron chi connectivity index (χ2n) is 6.11. The average molecular weight is 412 g/mol. The zero-order valence-corrected chi connectivity index (χ0v) is 16.6. The minimum Gasteiger partial charge on any atom is -0.451 e. The number of rotatable bonds is 6. The summed E-state index contributed by atoms with van der Waals surface area (Å²) in [5.41, 5.74) is 2.12. The Bertz CT molecular complexity index is 1060. The molecule has 0 fully saturated rings. The molecule has 29 heavy (non-hydrogen) atoms. The zero-order valence-electron chi connectivity index (χ0n) is 15.8. The highest BCUT2D eigenvalue weighted by Crippen LogP contribution is 2.22. The number of carbonyl (C=O) groups is 2. The number of nitrogens with one attached hydrogen (secondary N) is 1. The first kappa shape index (κ1) is 20.2. The second-order valence-corrected chi connectivity index (χ2v) is 6.52. The van der Waals surface area contributed by atoms with Crippen molar-refractivity contribution in [3.63, 3.8) is 0 Å². The van der Waals surface area contributed by atoms with E-state index >= 15 is 0 Å². The SMILES string of the molecule is Cc1c(Cl)cccc1NC(=O)COC(=O)/C(=C/c1ccccc1)n1nnnc1C. The summed E-state index contributed by atoms with van der Waals surface area (Å²) in [6, 6.07) is 14.3. The van der Waals surface area contributed by atoms with Crippen molar-refractivity contribution in [2.75, 3.05) is 11.9 Å². The summed E-state index contributed by atoms with van der Waals surface area (Å²) in [4.78, 5) is 24.9. The summed E-state index contributed by atoms with van der Waals surface area (Å²) >= 11 is 6.05. The highest BCUT2D eigenvalue weighted by Gasteiger charge is 2.19. The van der Waals surface area contributed by atoms with Gasteiger partial charge in [-0.15, -0.1) is 5.10 Å². The van der Waals surface area contributed by atoms with Crippen LogP contribution in [0.25, 0.3) is 11.8 Å². The summed E-state index contributed by atoms with van der Waals surface area (Å²) in [7, 11) is 0. The molecular formula is C20H18ClN5O3. The molecule has 0 aliphatic heterocycles. The quantitative estimate of drug-likeness (QED) is 0.494. The van der Waals surface area contributed by atoms with E-state index in [-0.39, 0.29) is 5.70 Å². The van der Waals surface area contributed by atoms with E-state index in [1.165, 1.54) is 4.68 Å². The molecule has 0 unspecified atom stereocenters. The fraction of sp³-hybridized carbons (Fsp3) is 0.150. The van der Waals surface area contributed by atoms with Crippen molar-refractivity contribution in [3.8, 4) is 0 Å². The van der Waals surface area contributed by atoms with Crippen LogP contribution in [0.5, 0.6) is 0 Å². The van der Waals surface area contributed by atoms with Crippen LogP contribution >= 0.6 is 11.6 Å². The van der Waals surface area contributed by atoms with Gasteiger partial charge in [-0.3, -0.25) is 4.79 Å². The summed E-state index contributed by atoms with van der Waals surface area (Å²) < 4.78 is 6.45. The number of hydrogen-bond donors (Lipinski definition) is 1. The van der Waals surface area contributed by atoms with Gasteiger partial charge in [0.15, 0.2) is 18.1 Å². The Morgan fingerprint density at radius 3 is 2.59 bits per heavy atom. The Morgan fingerprint density at radius 2 is 1.90 bits per heavy atom. The molecule has 0 saturated heterocycles. The van der Waals surface area contributed by atoms with Crippen LogP contribution in [0.4, 0.5) is 5.69 Å². The Kier molecular flexibility index (Phi) is 6.36. The maximum Gasteiger partial charge on any atom is 0.357 e. The highest BCUT2D eigenvalue weighted by molar-refractivity contribution is 6.31. The largest absolute Gasteiger partial charge is 0.451 e. The zero-order chi connectivity index (χ0) is 20.8. The van der Waals surface area contributed by atoms with Crippen molar-refractivity contribution in [1.82, 2.24) is 20.2 Å². The molecule has 8 nitrogen and oxygen atoms in total. The molecule has 9 heteroatoms. The van der Waals surface area contributed by atoms with Crippen LogP contribution in [-0.2, 0) is 14.3 Å². The van der Waals surface area contributed by atoms with Gasteiger partial charge in [-0.05, 0) is 53.6 Å². The number of ether oxygens (including phenoxy) is 1. The van der Waals surface area contributed by atoms with E-state index < -0.39 is 18.5 Å². The van der Waals surface area contributed by atoms with Gasteiger partial charge >= 0.3 is 5.97 Å². The number of anilines is 1. The normalized spacial score (nSPS) is 11.2. The third-order valence-electron chi connectivity index (χ3n) is 4.04. The Labute approximate surface area is 172 Å². The summed E-state index contributed by atoms with van der Waals surface area (Å²) in [6.45, 7) is 2.96. The van der Waals surface area contributed by atoms with E-state index in [9.17, 15) is 9.59 Å². The lowest BCUT2D eigenvalue weighted by Crippen LogP contribution is -2.23. The molecule has 1 N–H and O–H groups in total. The number of aromatic nitrogens is 4. The Morgan fingerprint density at radius 1 is 1.14 bits per heavy atom. The lowest BCUT2D eigenvalue weighted by atomic mass is 10.2. The number of tetrazole rings is 1. The van der Waals surface area contributed by atoms with Gasteiger partial charge in [-0.1, -0.05) is 48.0 Å². The summed E-state index contributed by atoms with van der Waals surface area (Å²) in [5, 5.41) is 14.4. The van der Waals surface area contributed by atoms with Gasteiger partial charge in [0.2, 0.25) is 0 Å². The van der Waals surface area contributed by atoms with E-state index in [4.69, 9.17) is 16.3 Å². The fourth-order valence-corrected chi connectivity index (χ4v) is 2.68. The van der Waals surface area contributed by atoms with Gasteiger partial charge in [-0.2, -0.15) is 4.68 Å². The molecule has 0 aliphatic carbocycles. The molecule has 3 aromatic rings. The first-order valence-electron chi connectivity index (χ1n) is 8.70. The maximum absolute atomic E-state index is 12.7. The van der Waals surface area contributed by atoms with Crippen LogP contribution in [0.3, 0.4) is 0 Å². The van der Waals surface area contributed by atoms with Gasteiger partial charge < -0.3 is 10.1 Å². The molecule has 0 radical (unpaired) electrons. The van der Waals surface area contributed by atoms with Crippen molar-refractivity contribution < 1.29 is 14.3 Å². The lowest BCUT2D eigenvalue weighted by Gasteiger charge is -2.11. The minimum atomic E-state index is -0.734. The molecule has 0 saturated carbocycles. The average Bonchev–Trinajstić information content (AvgIpc) is 3.14. The predicted octanol–water partition coefficient (Wildman–Crippen LogP) is 3.12. The fourth-order valence-electron chi connectivity index (χ4n) is 2.50. The van der Waals surface area contributed by atoms with Crippen LogP contribution < -0.4 is 5.32 Å². The minimum absolute atomic E-state index is 0.0884. The second kappa shape index (κ2) is 9.11. The van der Waals surface area contributed by atoms with Crippen LogP contribution in [0.15, 0.2) is 48.5 Å². The number of amides is 1. The molecule has 1 heterocycles. The molecule has 148 valence electrons. The van der Waals surface area contributed by atoms with Gasteiger partial charge in [0.25, 0.3) is 5.91 Å². The number of halogens is 1. The van der Waals surface area contributed by atoms with Crippen molar-refractivity contribution >= 4 is 40.9 Å². The molecule has 3 rings (SSSR count). The first-order valence-corrected chi connectivity index (χ1v) is 9.07. The monoisotopic (exact) mass is 411 g/mol. The molecule has 2 aromatic carbocycles. The van der Waals surface area contributed by atoms with Crippen molar-refractivity contribution in [3.05, 3.63) is 70.5 Å². The molecule has 1 aromatic heterocycles. The summed E-state index contributed by atoms with van der Waals surface area (Å²) in [5.74, 6) is -0.818. The van der Waals surface area contributed by atoms with Crippen molar-refractivity contribution in [2.45, 2.75) is 13.8 Å². The highest BCUT2D eigenvalue weighted by atomic mass is 35.5. The van der Waals surface area contributed by atoms with Crippen LogP contribution in [-0.4, -0.2) is 38.7 Å². The van der Waals surface area contributed by atoms with E-state index in [0.29, 0.717) is 16.5 Å². The molecule has 0 atom stereocenters. The lowest BCUT2D eigenvalue weighted by molar-refractivity contribution is -0.141. The summed E-state index contributed by atoms with van der Waals surface area (Å²) in [6.07, 6.45) is 1.59. The van der Waals surface area contributed by atoms with Gasteiger partial charge in [-0.25, -0.2) is 4.79 Å². The molecular weight excluding hydrogens is 394 g/mol. The van der Waals surface area contributed by atoms with Crippen molar-refractivity contribution in [1.29, 1.82) is 0 Å². The molecule has 0 aliphatic rings. The van der Waals surface area contributed by atoms with Gasteiger partial charge in [0.1, 0.15) is 0 Å².